The zero-order chi connectivity index (χ0) is 24.5. The summed E-state index contributed by atoms with van der Waals surface area (Å²) in [5.74, 6) is -0.334. The first-order chi connectivity index (χ1) is 16.5. The fraction of sp³-hybridized carbons (Fsp3) is 0.0714. The zero-order valence-electron chi connectivity index (χ0n) is 19.9. The van der Waals surface area contributed by atoms with Gasteiger partial charge in [-0.05, 0) is 36.5 Å². The summed E-state index contributed by atoms with van der Waals surface area (Å²) >= 11 is 0. The molecule has 0 bridgehead atoms. The quantitative estimate of drug-likeness (QED) is 0.290. The predicted molar refractivity (Wildman–Crippen MR) is 123 cm³/mol. The van der Waals surface area contributed by atoms with Crippen molar-refractivity contribution >= 4 is 11.6 Å². The van der Waals surface area contributed by atoms with Crippen LogP contribution in [0.4, 0.5) is 0 Å². The van der Waals surface area contributed by atoms with E-state index in [2.05, 4.69) is 11.5 Å². The number of carbonyl (C=O) groups is 2. The van der Waals surface area contributed by atoms with Crippen molar-refractivity contribution in [3.05, 3.63) is 131 Å². The number of ketones is 2. The minimum absolute atomic E-state index is 0. The summed E-state index contributed by atoms with van der Waals surface area (Å²) in [6.45, 7) is 0. The van der Waals surface area contributed by atoms with E-state index in [-0.39, 0.29) is 77.6 Å². The van der Waals surface area contributed by atoms with Crippen LogP contribution in [-0.4, -0.2) is 25.8 Å². The third kappa shape index (κ3) is 7.68. The first-order valence-corrected chi connectivity index (χ1v) is 10.2. The fourth-order valence-electron chi connectivity index (χ4n) is 3.19. The smallest absolute Gasteiger partial charge is 0.872 e. The molecule has 2 aromatic carbocycles. The number of fused-ring (bicyclic) bond motifs is 2. The van der Waals surface area contributed by atoms with Crippen LogP contribution in [0.5, 0.6) is 11.5 Å². The molecule has 6 nitrogen and oxygen atoms in total. The van der Waals surface area contributed by atoms with Gasteiger partial charge in [0, 0.05) is 22.3 Å². The predicted octanol–water partition coefficient (Wildman–Crippen LogP) is 3.50. The maximum Gasteiger partial charge on any atom is 1.00 e. The maximum absolute atomic E-state index is 12.1. The van der Waals surface area contributed by atoms with Crippen LogP contribution in [0.2, 0.25) is 0 Å². The summed E-state index contributed by atoms with van der Waals surface area (Å²) in [6.07, 6.45) is 14.7. The van der Waals surface area contributed by atoms with Gasteiger partial charge in [-0.1, -0.05) is 47.9 Å². The van der Waals surface area contributed by atoms with Gasteiger partial charge in [-0.3, -0.25) is 9.59 Å². The number of hydrogen-bond donors (Lipinski definition) is 0. The molecular formula is C28H20Hg2O6. The van der Waals surface area contributed by atoms with Crippen LogP contribution < -0.4 is 10.2 Å². The number of hydrogen-bond acceptors (Lipinski definition) is 6. The first kappa shape index (κ1) is 31.4. The van der Waals surface area contributed by atoms with Crippen LogP contribution in [0.1, 0.15) is 31.8 Å². The molecule has 0 unspecified atom stereocenters. The molecule has 0 saturated heterocycles. The van der Waals surface area contributed by atoms with Gasteiger partial charge in [0.1, 0.15) is 11.5 Å². The molecule has 8 heteroatoms. The molecular weight excluding hydrogens is 833 g/mol. The second kappa shape index (κ2) is 15.5. The summed E-state index contributed by atoms with van der Waals surface area (Å²) in [5.41, 5.74) is 5.53. The second-order valence-electron chi connectivity index (χ2n) is 6.90. The molecule has 0 N–H and O–H groups in total. The second-order valence-corrected chi connectivity index (χ2v) is 6.90. The topological polar surface area (TPSA) is 98.7 Å². The van der Waals surface area contributed by atoms with E-state index >= 15 is 0 Å². The van der Waals surface area contributed by atoms with Gasteiger partial charge >= 0.3 is 55.3 Å². The van der Waals surface area contributed by atoms with Crippen LogP contribution in [0.3, 0.4) is 0 Å². The molecule has 0 aliphatic heterocycles. The van der Waals surface area contributed by atoms with E-state index in [9.17, 15) is 19.8 Å². The van der Waals surface area contributed by atoms with Crippen molar-refractivity contribution in [2.75, 3.05) is 14.2 Å². The van der Waals surface area contributed by atoms with E-state index in [1.54, 1.807) is 14.2 Å². The normalized spacial score (nSPS) is 13.6. The minimum atomic E-state index is -0.553. The molecule has 36 heavy (non-hydrogen) atoms. The molecule has 0 fully saturated rings. The van der Waals surface area contributed by atoms with Crippen molar-refractivity contribution in [3.8, 4) is 11.5 Å². The van der Waals surface area contributed by atoms with E-state index in [1.165, 1.54) is 36.4 Å². The van der Waals surface area contributed by atoms with E-state index in [0.717, 1.165) is 11.5 Å². The van der Waals surface area contributed by atoms with Crippen molar-refractivity contribution in [1.82, 2.24) is 0 Å². The van der Waals surface area contributed by atoms with Crippen molar-refractivity contribution < 1.29 is 84.6 Å². The van der Waals surface area contributed by atoms with Crippen molar-refractivity contribution in [2.45, 2.75) is 0 Å². The Morgan fingerprint density at radius 1 is 0.639 bits per heavy atom. The Morgan fingerprint density at radius 2 is 1.03 bits per heavy atom. The van der Waals surface area contributed by atoms with Crippen molar-refractivity contribution in [1.29, 1.82) is 0 Å². The Kier molecular flexibility index (Phi) is 13.5. The van der Waals surface area contributed by atoms with Gasteiger partial charge < -0.3 is 19.7 Å². The summed E-state index contributed by atoms with van der Waals surface area (Å²) < 4.78 is 9.79. The fourth-order valence-corrected chi connectivity index (χ4v) is 3.19. The van der Waals surface area contributed by atoms with Crippen LogP contribution in [0.25, 0.3) is 0 Å². The van der Waals surface area contributed by atoms with Gasteiger partial charge in [-0.2, -0.15) is 0 Å². The number of rotatable bonds is 2. The third-order valence-corrected chi connectivity index (χ3v) is 4.84. The van der Waals surface area contributed by atoms with Gasteiger partial charge in [0.15, 0.2) is 11.6 Å². The van der Waals surface area contributed by atoms with Gasteiger partial charge in [-0.15, -0.1) is 11.5 Å². The Bertz CT molecular complexity index is 1210. The van der Waals surface area contributed by atoms with Crippen LogP contribution in [0, 0.1) is 12.8 Å². The Labute approximate surface area is 251 Å². The van der Waals surface area contributed by atoms with Crippen molar-refractivity contribution in [2.24, 2.45) is 0 Å². The van der Waals surface area contributed by atoms with Crippen LogP contribution in [0.15, 0.2) is 95.8 Å². The first-order valence-electron chi connectivity index (χ1n) is 10.2. The number of ether oxygens (including phenoxy) is 2. The van der Waals surface area contributed by atoms with E-state index in [4.69, 9.17) is 9.47 Å². The van der Waals surface area contributed by atoms with Gasteiger partial charge in [0.2, 0.25) is 0 Å². The van der Waals surface area contributed by atoms with E-state index < -0.39 is 23.1 Å². The third-order valence-electron chi connectivity index (χ3n) is 4.84. The SMILES string of the molecule is COC1=CC=C=C[CH]1.COC1=CC=C=C[CH]1.O=C1c2cccc([O-])c2C(=O)c2cccc([O-])c21.[Hg+].[Hg+]. The number of allylic oxidation sites excluding steroid dienone is 4. The molecule has 2 aromatic rings. The summed E-state index contributed by atoms with van der Waals surface area (Å²) in [7, 11) is 3.30. The molecule has 172 valence electrons. The molecule has 0 heterocycles. The standard InChI is InChI=1S/C14H8O4.2C7H7O.2Hg/c15-9-5-1-3-7-11(9)14(18)8-4-2-6-10(16)12(8)13(7)17;2*1-8-7-5-3-2-4-6-7;;/h1-6,15-16H;2*3-6H,1H3;;/q;;;2*+1/p-2. The molecule has 3 aliphatic rings. The number of benzene rings is 2. The largest absolute Gasteiger partial charge is 1.00 e. The summed E-state index contributed by atoms with van der Waals surface area (Å²) in [5, 5.41) is 23.3. The number of methoxy groups -OCH3 is 2. The average Bonchev–Trinajstić information content (AvgIpc) is 2.89. The Morgan fingerprint density at radius 3 is 1.31 bits per heavy atom. The minimum Gasteiger partial charge on any atom is -0.872 e. The Balaban J connectivity index is 0.000000303. The molecule has 5 rings (SSSR count). The number of carbonyl (C=O) groups excluding carboxylic acids is 2. The molecule has 0 saturated carbocycles. The molecule has 0 spiro atoms. The van der Waals surface area contributed by atoms with E-state index in [0.29, 0.717) is 0 Å². The van der Waals surface area contributed by atoms with Crippen LogP contribution >= 0.6 is 0 Å². The summed E-state index contributed by atoms with van der Waals surface area (Å²) in [6, 6.07) is 8.07. The molecule has 0 amide bonds. The Hall–Kier alpha value is -2.63. The van der Waals surface area contributed by atoms with Crippen LogP contribution in [-0.2, 0) is 64.8 Å². The molecule has 3 aliphatic carbocycles. The average molecular weight is 854 g/mol. The molecule has 4 radical (unpaired) electrons. The molecule has 0 atom stereocenters. The maximum atomic E-state index is 12.1. The molecule has 0 aromatic heterocycles. The zero-order valence-corrected chi connectivity index (χ0v) is 30.9. The van der Waals surface area contributed by atoms with Gasteiger partial charge in [0.05, 0.1) is 27.1 Å². The van der Waals surface area contributed by atoms with Gasteiger partial charge in [-0.25, -0.2) is 0 Å². The van der Waals surface area contributed by atoms with E-state index in [1.807, 2.05) is 49.3 Å². The monoisotopic (exact) mass is 856 g/mol. The van der Waals surface area contributed by atoms with Gasteiger partial charge in [0.25, 0.3) is 0 Å². The summed E-state index contributed by atoms with van der Waals surface area (Å²) in [4.78, 5) is 24.3. The van der Waals surface area contributed by atoms with Crippen molar-refractivity contribution in [3.63, 3.8) is 0 Å².